The minimum absolute atomic E-state index is 0.225. The highest BCUT2D eigenvalue weighted by Gasteiger charge is 2.32. The molecule has 0 aliphatic heterocycles. The third-order valence-electron chi connectivity index (χ3n) is 1.16. The molecular weight excluding hydrogens is 136 g/mol. The van der Waals surface area contributed by atoms with E-state index in [4.69, 9.17) is 10.2 Å². The van der Waals surface area contributed by atoms with Crippen molar-refractivity contribution in [3.8, 4) is 0 Å². The molecule has 0 amide bonds. The van der Waals surface area contributed by atoms with Gasteiger partial charge in [-0.2, -0.15) is 0 Å². The van der Waals surface area contributed by atoms with Crippen molar-refractivity contribution in [3.63, 3.8) is 0 Å². The number of carboxylic acid groups (broad SMARTS) is 1. The van der Waals surface area contributed by atoms with Crippen molar-refractivity contribution in [2.45, 2.75) is 19.4 Å². The summed E-state index contributed by atoms with van der Waals surface area (Å²) < 4.78 is 0. The largest absolute Gasteiger partial charge is 0.481 e. The number of hydrogen-bond acceptors (Lipinski definition) is 3. The van der Waals surface area contributed by atoms with Crippen LogP contribution in [0.3, 0.4) is 0 Å². The molecule has 0 aliphatic rings. The first-order chi connectivity index (χ1) is 4.39. The summed E-state index contributed by atoms with van der Waals surface area (Å²) in [5, 5.41) is 17.4. The second kappa shape index (κ2) is 2.79. The molecule has 2 N–H and O–H groups in total. The predicted octanol–water partition coefficient (Wildman–Crippen LogP) is -0.343. The van der Waals surface area contributed by atoms with Crippen LogP contribution < -0.4 is 0 Å². The van der Waals surface area contributed by atoms with E-state index in [9.17, 15) is 9.59 Å². The van der Waals surface area contributed by atoms with Crippen molar-refractivity contribution in [2.24, 2.45) is 5.92 Å². The van der Waals surface area contributed by atoms with Gasteiger partial charge >= 0.3 is 5.97 Å². The van der Waals surface area contributed by atoms with E-state index in [-0.39, 0.29) is 6.29 Å². The number of aldehydes is 1. The maximum atomic E-state index is 10.2. The smallest absolute Gasteiger partial charge is 0.316 e. The third-order valence-corrected chi connectivity index (χ3v) is 1.16. The second-order valence-electron chi connectivity index (χ2n) is 2.61. The van der Waals surface area contributed by atoms with Crippen LogP contribution in [0, 0.1) is 5.92 Å². The number of hydrogen-bond donors (Lipinski definition) is 2. The zero-order chi connectivity index (χ0) is 8.36. The minimum atomic E-state index is -1.48. The van der Waals surface area contributed by atoms with Crippen LogP contribution in [-0.2, 0) is 9.59 Å². The fraction of sp³-hybridized carbons (Fsp3) is 0.667. The highest BCUT2D eigenvalue weighted by atomic mass is 16.4. The van der Waals surface area contributed by atoms with Crippen molar-refractivity contribution in [3.05, 3.63) is 0 Å². The molecule has 0 saturated carbocycles. The average molecular weight is 146 g/mol. The van der Waals surface area contributed by atoms with E-state index in [1.165, 1.54) is 13.8 Å². The standard InChI is InChI=1S/C6H10O4/c1-6(2,10)4(3-7)5(8)9/h3-4,10H,1-2H3,(H,8,9). The lowest BCUT2D eigenvalue weighted by atomic mass is 9.93. The molecule has 0 aromatic carbocycles. The van der Waals surface area contributed by atoms with E-state index in [2.05, 4.69) is 0 Å². The summed E-state index contributed by atoms with van der Waals surface area (Å²) in [7, 11) is 0. The topological polar surface area (TPSA) is 74.6 Å². The van der Waals surface area contributed by atoms with Gasteiger partial charge in [0, 0.05) is 0 Å². The molecule has 0 rings (SSSR count). The quantitative estimate of drug-likeness (QED) is 0.422. The highest BCUT2D eigenvalue weighted by molar-refractivity contribution is 5.87. The predicted molar refractivity (Wildman–Crippen MR) is 33.5 cm³/mol. The molecule has 4 nitrogen and oxygen atoms in total. The molecule has 0 radical (unpaired) electrons. The van der Waals surface area contributed by atoms with Crippen molar-refractivity contribution < 1.29 is 19.8 Å². The first-order valence-electron chi connectivity index (χ1n) is 2.80. The lowest BCUT2D eigenvalue weighted by Gasteiger charge is -2.19. The van der Waals surface area contributed by atoms with Gasteiger partial charge in [0.25, 0.3) is 0 Å². The van der Waals surface area contributed by atoms with Crippen LogP contribution in [0.15, 0.2) is 0 Å². The molecule has 0 aromatic rings. The maximum absolute atomic E-state index is 10.2. The van der Waals surface area contributed by atoms with Crippen LogP contribution in [0.2, 0.25) is 0 Å². The van der Waals surface area contributed by atoms with E-state index in [1.54, 1.807) is 0 Å². The molecule has 1 atom stereocenters. The molecule has 4 heteroatoms. The Hall–Kier alpha value is -0.900. The summed E-state index contributed by atoms with van der Waals surface area (Å²) in [4.78, 5) is 20.2. The summed E-state index contributed by atoms with van der Waals surface area (Å²) in [6.07, 6.45) is 0.225. The van der Waals surface area contributed by atoms with Gasteiger partial charge < -0.3 is 15.0 Å². The van der Waals surface area contributed by atoms with Crippen molar-refractivity contribution in [1.29, 1.82) is 0 Å². The van der Waals surface area contributed by atoms with Gasteiger partial charge in [0.1, 0.15) is 12.2 Å². The maximum Gasteiger partial charge on any atom is 0.316 e. The molecule has 58 valence electrons. The number of carbonyl (C=O) groups excluding carboxylic acids is 1. The fourth-order valence-electron chi connectivity index (χ4n) is 0.527. The average Bonchev–Trinajstić information content (AvgIpc) is 1.60. The lowest BCUT2D eigenvalue weighted by Crippen LogP contribution is -2.37. The third kappa shape index (κ3) is 2.14. The van der Waals surface area contributed by atoms with Gasteiger partial charge in [0.05, 0.1) is 5.60 Å². The molecule has 0 aliphatic carbocycles. The van der Waals surface area contributed by atoms with Gasteiger partial charge in [-0.15, -0.1) is 0 Å². The van der Waals surface area contributed by atoms with Crippen LogP contribution >= 0.6 is 0 Å². The van der Waals surface area contributed by atoms with Crippen LogP contribution in [0.25, 0.3) is 0 Å². The van der Waals surface area contributed by atoms with Gasteiger partial charge in [0.2, 0.25) is 0 Å². The van der Waals surface area contributed by atoms with Crippen LogP contribution in [0.5, 0.6) is 0 Å². The Balaban J connectivity index is 4.36. The van der Waals surface area contributed by atoms with E-state index in [1.807, 2.05) is 0 Å². The van der Waals surface area contributed by atoms with Gasteiger partial charge in [-0.3, -0.25) is 4.79 Å². The van der Waals surface area contributed by atoms with E-state index in [0.717, 1.165) is 0 Å². The van der Waals surface area contributed by atoms with Crippen LogP contribution in [0.4, 0.5) is 0 Å². The Kier molecular flexibility index (Phi) is 2.54. The minimum Gasteiger partial charge on any atom is -0.481 e. The summed E-state index contributed by atoms with van der Waals surface area (Å²) >= 11 is 0. The molecule has 10 heavy (non-hydrogen) atoms. The van der Waals surface area contributed by atoms with Gasteiger partial charge in [-0.1, -0.05) is 0 Å². The Morgan fingerprint density at radius 2 is 2.00 bits per heavy atom. The number of rotatable bonds is 3. The summed E-state index contributed by atoms with van der Waals surface area (Å²) in [5.74, 6) is -2.64. The highest BCUT2D eigenvalue weighted by Crippen LogP contribution is 2.13. The van der Waals surface area contributed by atoms with Crippen molar-refractivity contribution in [2.75, 3.05) is 0 Å². The van der Waals surface area contributed by atoms with Gasteiger partial charge in [-0.25, -0.2) is 0 Å². The number of aliphatic hydroxyl groups is 1. The molecule has 0 bridgehead atoms. The summed E-state index contributed by atoms with van der Waals surface area (Å²) in [6, 6.07) is 0. The van der Waals surface area contributed by atoms with E-state index < -0.39 is 17.5 Å². The van der Waals surface area contributed by atoms with E-state index in [0.29, 0.717) is 0 Å². The molecular formula is C6H10O4. The SMILES string of the molecule is CC(C)(O)C(C=O)C(=O)O. The molecule has 0 spiro atoms. The van der Waals surface area contributed by atoms with Gasteiger partial charge in [-0.05, 0) is 13.8 Å². The van der Waals surface area contributed by atoms with E-state index >= 15 is 0 Å². The van der Waals surface area contributed by atoms with Gasteiger partial charge in [0.15, 0.2) is 0 Å². The molecule has 0 saturated heterocycles. The normalized spacial score (nSPS) is 14.3. The number of aliphatic carboxylic acids is 1. The first-order valence-corrected chi connectivity index (χ1v) is 2.80. The molecule has 0 heterocycles. The Bertz CT molecular complexity index is 144. The zero-order valence-corrected chi connectivity index (χ0v) is 5.87. The molecule has 0 aromatic heterocycles. The van der Waals surface area contributed by atoms with Crippen LogP contribution in [-0.4, -0.2) is 28.1 Å². The van der Waals surface area contributed by atoms with Crippen molar-refractivity contribution in [1.82, 2.24) is 0 Å². The summed E-state index contributed by atoms with van der Waals surface area (Å²) in [5.41, 5.74) is -1.48. The molecule has 1 unspecified atom stereocenters. The first kappa shape index (κ1) is 9.10. The summed E-state index contributed by atoms with van der Waals surface area (Å²) in [6.45, 7) is 2.56. The lowest BCUT2D eigenvalue weighted by molar-refractivity contribution is -0.151. The number of carboxylic acids is 1. The Morgan fingerprint density at radius 1 is 1.60 bits per heavy atom. The Morgan fingerprint density at radius 3 is 2.00 bits per heavy atom. The van der Waals surface area contributed by atoms with Crippen LogP contribution in [0.1, 0.15) is 13.8 Å². The number of carbonyl (C=O) groups is 2. The zero-order valence-electron chi connectivity index (χ0n) is 5.87. The molecule has 0 fully saturated rings. The monoisotopic (exact) mass is 146 g/mol. The Labute approximate surface area is 58.5 Å². The van der Waals surface area contributed by atoms with Crippen molar-refractivity contribution >= 4 is 12.3 Å². The fourth-order valence-corrected chi connectivity index (χ4v) is 0.527. The second-order valence-corrected chi connectivity index (χ2v) is 2.61.